The topological polar surface area (TPSA) is 23.6 Å². The van der Waals surface area contributed by atoms with Crippen LogP contribution in [0.5, 0.6) is 0 Å². The minimum atomic E-state index is 0.173. The highest BCUT2D eigenvalue weighted by Gasteiger charge is 2.26. The van der Waals surface area contributed by atoms with E-state index in [1.54, 1.807) is 0 Å². The van der Waals surface area contributed by atoms with Crippen molar-refractivity contribution in [1.82, 2.24) is 9.80 Å². The molecule has 94 valence electrons. The number of carbonyl (C=O) groups excluding carboxylic acids is 1. The van der Waals surface area contributed by atoms with Crippen LogP contribution < -0.4 is 0 Å². The molecule has 0 bridgehead atoms. The van der Waals surface area contributed by atoms with Crippen LogP contribution in [0.15, 0.2) is 15.9 Å². The number of nitrogens with zero attached hydrogens (tertiary/aromatic N) is 2. The fourth-order valence-electron chi connectivity index (χ4n) is 2.15. The van der Waals surface area contributed by atoms with Crippen LogP contribution in [-0.2, 0) is 0 Å². The van der Waals surface area contributed by atoms with Crippen molar-refractivity contribution in [3.05, 3.63) is 20.8 Å². The number of amides is 1. The van der Waals surface area contributed by atoms with E-state index in [2.05, 4.69) is 34.9 Å². The first-order chi connectivity index (χ1) is 8.08. The number of carbonyl (C=O) groups is 1. The third kappa shape index (κ3) is 3.09. The molecule has 1 unspecified atom stereocenters. The lowest BCUT2D eigenvalue weighted by molar-refractivity contribution is 0.0640. The molecule has 1 amide bonds. The molecule has 1 aliphatic heterocycles. The van der Waals surface area contributed by atoms with E-state index in [1.807, 2.05) is 17.0 Å². The van der Waals surface area contributed by atoms with E-state index in [-0.39, 0.29) is 5.91 Å². The number of piperidine rings is 1. The van der Waals surface area contributed by atoms with Crippen molar-refractivity contribution in [3.8, 4) is 0 Å². The fraction of sp³-hybridized carbons (Fsp3) is 0.583. The van der Waals surface area contributed by atoms with Crippen molar-refractivity contribution >= 4 is 33.2 Å². The Morgan fingerprint density at radius 2 is 2.29 bits per heavy atom. The average Bonchev–Trinajstić information content (AvgIpc) is 2.75. The van der Waals surface area contributed by atoms with E-state index in [0.717, 1.165) is 28.2 Å². The lowest BCUT2D eigenvalue weighted by Gasteiger charge is -2.35. The number of likely N-dealkylation sites (tertiary alicyclic amines) is 1. The lowest BCUT2D eigenvalue weighted by Crippen LogP contribution is -2.47. The molecule has 2 rings (SSSR count). The molecule has 1 aromatic heterocycles. The first kappa shape index (κ1) is 13.1. The molecular weight excluding hydrogens is 300 g/mol. The number of halogens is 1. The zero-order chi connectivity index (χ0) is 12.4. The summed E-state index contributed by atoms with van der Waals surface area (Å²) in [5.74, 6) is 0.173. The lowest BCUT2D eigenvalue weighted by atomic mass is 10.0. The van der Waals surface area contributed by atoms with Gasteiger partial charge in [-0.25, -0.2) is 0 Å². The third-order valence-electron chi connectivity index (χ3n) is 3.20. The number of likely N-dealkylation sites (N-methyl/N-ethyl adjacent to an activating group) is 1. The Balaban J connectivity index is 2.04. The van der Waals surface area contributed by atoms with Crippen LogP contribution in [-0.4, -0.2) is 48.9 Å². The third-order valence-corrected chi connectivity index (χ3v) is 4.81. The molecule has 1 saturated heterocycles. The molecule has 2 heterocycles. The van der Waals surface area contributed by atoms with Gasteiger partial charge in [-0.05, 0) is 55.0 Å². The van der Waals surface area contributed by atoms with Gasteiger partial charge in [0.15, 0.2) is 0 Å². The molecule has 0 N–H and O–H groups in total. The van der Waals surface area contributed by atoms with Crippen LogP contribution in [0.1, 0.15) is 22.5 Å². The molecule has 5 heteroatoms. The Morgan fingerprint density at radius 1 is 1.53 bits per heavy atom. The molecule has 1 fully saturated rings. The minimum Gasteiger partial charge on any atom is -0.336 e. The summed E-state index contributed by atoms with van der Waals surface area (Å²) >= 11 is 4.91. The Bertz CT molecular complexity index is 405. The molecule has 3 nitrogen and oxygen atoms in total. The molecular formula is C12H17BrN2OS. The quantitative estimate of drug-likeness (QED) is 0.837. The van der Waals surface area contributed by atoms with E-state index >= 15 is 0 Å². The van der Waals surface area contributed by atoms with E-state index in [0.29, 0.717) is 6.04 Å². The van der Waals surface area contributed by atoms with Crippen molar-refractivity contribution in [2.45, 2.75) is 18.9 Å². The van der Waals surface area contributed by atoms with Gasteiger partial charge in [-0.1, -0.05) is 0 Å². The van der Waals surface area contributed by atoms with Gasteiger partial charge in [0.05, 0.1) is 8.66 Å². The number of hydrogen-bond acceptors (Lipinski definition) is 3. The standard InChI is InChI=1S/C12H17BrN2OS/c1-14(2)9-4-3-7-15(8-9)12(16)10-5-6-11(13)17-10/h5-6,9H,3-4,7-8H2,1-2H3. The van der Waals surface area contributed by atoms with Gasteiger partial charge in [0.25, 0.3) is 5.91 Å². The second-order valence-electron chi connectivity index (χ2n) is 4.61. The number of hydrogen-bond donors (Lipinski definition) is 0. The highest BCUT2D eigenvalue weighted by molar-refractivity contribution is 9.11. The Kier molecular flexibility index (Phi) is 4.22. The van der Waals surface area contributed by atoms with Crippen LogP contribution in [0.3, 0.4) is 0 Å². The minimum absolute atomic E-state index is 0.173. The SMILES string of the molecule is CN(C)C1CCCN(C(=O)c2ccc(Br)s2)C1. The molecule has 0 saturated carbocycles. The molecule has 1 aliphatic rings. The van der Waals surface area contributed by atoms with E-state index in [4.69, 9.17) is 0 Å². The predicted molar refractivity (Wildman–Crippen MR) is 74.6 cm³/mol. The summed E-state index contributed by atoms with van der Waals surface area (Å²) in [5.41, 5.74) is 0. The molecule has 0 spiro atoms. The van der Waals surface area contributed by atoms with Crippen molar-refractivity contribution < 1.29 is 4.79 Å². The molecule has 0 radical (unpaired) electrons. The highest BCUT2D eigenvalue weighted by Crippen LogP contribution is 2.25. The van der Waals surface area contributed by atoms with E-state index < -0.39 is 0 Å². The van der Waals surface area contributed by atoms with Gasteiger partial charge in [0.1, 0.15) is 0 Å². The maximum Gasteiger partial charge on any atom is 0.264 e. The molecule has 1 atom stereocenters. The monoisotopic (exact) mass is 316 g/mol. The zero-order valence-corrected chi connectivity index (χ0v) is 12.6. The molecule has 0 aromatic carbocycles. The fourth-order valence-corrected chi connectivity index (χ4v) is 3.50. The van der Waals surface area contributed by atoms with Crippen molar-refractivity contribution in [2.24, 2.45) is 0 Å². The first-order valence-corrected chi connectivity index (χ1v) is 7.40. The van der Waals surface area contributed by atoms with Gasteiger partial charge in [-0.15, -0.1) is 11.3 Å². The maximum absolute atomic E-state index is 12.3. The maximum atomic E-state index is 12.3. The predicted octanol–water partition coefficient (Wildman–Crippen LogP) is 2.68. The van der Waals surface area contributed by atoms with E-state index in [9.17, 15) is 4.79 Å². The Labute approximate surface area is 115 Å². The second-order valence-corrected chi connectivity index (χ2v) is 7.08. The molecule has 1 aromatic rings. The largest absolute Gasteiger partial charge is 0.336 e. The van der Waals surface area contributed by atoms with Gasteiger partial charge in [-0.2, -0.15) is 0 Å². The van der Waals surface area contributed by atoms with Gasteiger partial charge in [0.2, 0.25) is 0 Å². The van der Waals surface area contributed by atoms with Gasteiger partial charge in [0, 0.05) is 19.1 Å². The zero-order valence-electron chi connectivity index (χ0n) is 10.1. The Hall–Kier alpha value is -0.390. The van der Waals surface area contributed by atoms with Crippen molar-refractivity contribution in [3.63, 3.8) is 0 Å². The highest BCUT2D eigenvalue weighted by atomic mass is 79.9. The summed E-state index contributed by atoms with van der Waals surface area (Å²) in [6, 6.07) is 4.33. The summed E-state index contributed by atoms with van der Waals surface area (Å²) in [6.45, 7) is 1.74. The second kappa shape index (κ2) is 5.50. The molecule has 17 heavy (non-hydrogen) atoms. The van der Waals surface area contributed by atoms with Crippen molar-refractivity contribution in [1.29, 1.82) is 0 Å². The van der Waals surface area contributed by atoms with Gasteiger partial charge >= 0.3 is 0 Å². The molecule has 0 aliphatic carbocycles. The van der Waals surface area contributed by atoms with Gasteiger partial charge < -0.3 is 9.80 Å². The Morgan fingerprint density at radius 3 is 2.88 bits per heavy atom. The van der Waals surface area contributed by atoms with Crippen LogP contribution in [0.25, 0.3) is 0 Å². The van der Waals surface area contributed by atoms with Crippen LogP contribution in [0, 0.1) is 0 Å². The van der Waals surface area contributed by atoms with Crippen LogP contribution in [0.2, 0.25) is 0 Å². The summed E-state index contributed by atoms with van der Waals surface area (Å²) in [6.07, 6.45) is 2.28. The summed E-state index contributed by atoms with van der Waals surface area (Å²) in [5, 5.41) is 0. The summed E-state index contributed by atoms with van der Waals surface area (Å²) in [7, 11) is 4.17. The van der Waals surface area contributed by atoms with Crippen LogP contribution >= 0.6 is 27.3 Å². The summed E-state index contributed by atoms with van der Waals surface area (Å²) < 4.78 is 1.02. The number of rotatable bonds is 2. The van der Waals surface area contributed by atoms with Crippen LogP contribution in [0.4, 0.5) is 0 Å². The normalized spacial score (nSPS) is 20.9. The number of thiophene rings is 1. The van der Waals surface area contributed by atoms with Crippen molar-refractivity contribution in [2.75, 3.05) is 27.2 Å². The average molecular weight is 317 g/mol. The summed E-state index contributed by atoms with van der Waals surface area (Å²) in [4.78, 5) is 17.3. The smallest absolute Gasteiger partial charge is 0.264 e. The van der Waals surface area contributed by atoms with Gasteiger partial charge in [-0.3, -0.25) is 4.79 Å². The van der Waals surface area contributed by atoms with E-state index in [1.165, 1.54) is 17.8 Å². The first-order valence-electron chi connectivity index (χ1n) is 5.79.